The number of carbonyl (C=O) groups excluding carboxylic acids is 1. The summed E-state index contributed by atoms with van der Waals surface area (Å²) in [6, 6.07) is 1.47. The number of aliphatic carboxylic acids is 1. The van der Waals surface area contributed by atoms with Gasteiger partial charge in [0.15, 0.2) is 0 Å². The number of nitrogens with one attached hydrogen (secondary N) is 1. The number of hydrogen-bond acceptors (Lipinski definition) is 4. The van der Waals surface area contributed by atoms with E-state index in [1.54, 1.807) is 10.9 Å². The highest BCUT2D eigenvalue weighted by atomic mass is 16.4. The number of aryl methyl sites for hydroxylation is 1. The molecule has 2 rings (SSSR count). The predicted molar refractivity (Wildman–Crippen MR) is 70.5 cm³/mol. The van der Waals surface area contributed by atoms with E-state index in [4.69, 9.17) is 5.11 Å². The van der Waals surface area contributed by atoms with Crippen molar-refractivity contribution in [3.63, 3.8) is 0 Å². The minimum Gasteiger partial charge on any atom is -0.480 e. The molecule has 106 valence electrons. The summed E-state index contributed by atoms with van der Waals surface area (Å²) in [6.07, 6.45) is 2.95. The molecular formula is C12H15N5O3. The van der Waals surface area contributed by atoms with E-state index in [-0.39, 0.29) is 12.2 Å². The zero-order valence-electron chi connectivity index (χ0n) is 11.2. The molecule has 2 aromatic rings. The quantitative estimate of drug-likeness (QED) is 0.839. The summed E-state index contributed by atoms with van der Waals surface area (Å²) in [6.45, 7) is 4.15. The van der Waals surface area contributed by atoms with Gasteiger partial charge < -0.3 is 10.4 Å². The topological polar surface area (TPSA) is 102 Å². The highest BCUT2D eigenvalue weighted by Gasteiger charge is 2.16. The first kappa shape index (κ1) is 13.8. The maximum absolute atomic E-state index is 12.1. The lowest BCUT2D eigenvalue weighted by Gasteiger charge is -2.06. The zero-order chi connectivity index (χ0) is 14.7. The standard InChI is InChI=1S/C12H15N5O3/c1-3-16-8(2)9(6-14-16)15-12(20)10-4-5-13-17(10)7-11(18)19/h4-6H,3,7H2,1-2H3,(H,15,20)(H,18,19). The number of anilines is 1. The summed E-state index contributed by atoms with van der Waals surface area (Å²) in [5, 5.41) is 19.4. The maximum Gasteiger partial charge on any atom is 0.325 e. The molecule has 20 heavy (non-hydrogen) atoms. The molecule has 0 aliphatic rings. The van der Waals surface area contributed by atoms with Gasteiger partial charge in [-0.3, -0.25) is 14.3 Å². The molecule has 0 aliphatic carbocycles. The van der Waals surface area contributed by atoms with Crippen molar-refractivity contribution in [2.24, 2.45) is 0 Å². The van der Waals surface area contributed by atoms with Crippen molar-refractivity contribution in [3.05, 3.63) is 29.8 Å². The van der Waals surface area contributed by atoms with Crippen molar-refractivity contribution in [2.75, 3.05) is 5.32 Å². The lowest BCUT2D eigenvalue weighted by atomic mass is 10.3. The van der Waals surface area contributed by atoms with Gasteiger partial charge in [-0.05, 0) is 19.9 Å². The molecule has 0 unspecified atom stereocenters. The summed E-state index contributed by atoms with van der Waals surface area (Å²) in [5.74, 6) is -1.47. The Balaban J connectivity index is 2.18. The number of aromatic nitrogens is 4. The summed E-state index contributed by atoms with van der Waals surface area (Å²) in [4.78, 5) is 22.8. The van der Waals surface area contributed by atoms with Crippen LogP contribution in [0.15, 0.2) is 18.5 Å². The molecule has 0 fully saturated rings. The highest BCUT2D eigenvalue weighted by molar-refractivity contribution is 6.03. The molecule has 0 bridgehead atoms. The van der Waals surface area contributed by atoms with Crippen molar-refractivity contribution in [1.82, 2.24) is 19.6 Å². The summed E-state index contributed by atoms with van der Waals surface area (Å²) in [7, 11) is 0. The van der Waals surface area contributed by atoms with Crippen molar-refractivity contribution >= 4 is 17.6 Å². The van der Waals surface area contributed by atoms with Crippen molar-refractivity contribution in [2.45, 2.75) is 26.9 Å². The number of hydrogen-bond donors (Lipinski definition) is 2. The smallest absolute Gasteiger partial charge is 0.325 e. The van der Waals surface area contributed by atoms with Gasteiger partial charge in [0, 0.05) is 12.7 Å². The van der Waals surface area contributed by atoms with Gasteiger partial charge in [0.05, 0.1) is 17.6 Å². The van der Waals surface area contributed by atoms with E-state index in [2.05, 4.69) is 15.5 Å². The predicted octanol–water partition coefficient (Wildman–Crippen LogP) is 0.745. The molecule has 0 atom stereocenters. The molecule has 0 spiro atoms. The van der Waals surface area contributed by atoms with Crippen molar-refractivity contribution in [1.29, 1.82) is 0 Å². The van der Waals surface area contributed by atoms with Gasteiger partial charge in [-0.2, -0.15) is 10.2 Å². The second-order valence-electron chi connectivity index (χ2n) is 4.18. The van der Waals surface area contributed by atoms with Crippen LogP contribution >= 0.6 is 0 Å². The van der Waals surface area contributed by atoms with E-state index in [9.17, 15) is 9.59 Å². The molecule has 0 radical (unpaired) electrons. The minimum absolute atomic E-state index is 0.191. The third-order valence-electron chi connectivity index (χ3n) is 2.89. The number of carboxylic acids is 1. The molecular weight excluding hydrogens is 262 g/mol. The Labute approximate surface area is 115 Å². The Morgan fingerprint density at radius 2 is 2.10 bits per heavy atom. The average molecular weight is 277 g/mol. The van der Waals surface area contributed by atoms with E-state index in [1.165, 1.54) is 12.3 Å². The summed E-state index contributed by atoms with van der Waals surface area (Å²) >= 11 is 0. The minimum atomic E-state index is -1.06. The summed E-state index contributed by atoms with van der Waals surface area (Å²) in [5.41, 5.74) is 1.63. The lowest BCUT2D eigenvalue weighted by molar-refractivity contribution is -0.137. The number of nitrogens with zero attached hydrogens (tertiary/aromatic N) is 4. The fourth-order valence-electron chi connectivity index (χ4n) is 1.85. The molecule has 0 aliphatic heterocycles. The van der Waals surface area contributed by atoms with Crippen LogP contribution in [0.2, 0.25) is 0 Å². The molecule has 2 heterocycles. The van der Waals surface area contributed by atoms with Crippen LogP contribution in [0.25, 0.3) is 0 Å². The van der Waals surface area contributed by atoms with Crippen molar-refractivity contribution < 1.29 is 14.7 Å². The van der Waals surface area contributed by atoms with E-state index >= 15 is 0 Å². The molecule has 0 aromatic carbocycles. The SMILES string of the molecule is CCn1ncc(NC(=O)c2ccnn2CC(=O)O)c1C. The molecule has 8 heteroatoms. The number of rotatable bonds is 5. The van der Waals surface area contributed by atoms with Crippen LogP contribution < -0.4 is 5.32 Å². The number of carboxylic acid groups (broad SMARTS) is 1. The normalized spacial score (nSPS) is 10.5. The lowest BCUT2D eigenvalue weighted by Crippen LogP contribution is -2.21. The van der Waals surface area contributed by atoms with Crippen LogP contribution in [-0.4, -0.2) is 36.5 Å². The second-order valence-corrected chi connectivity index (χ2v) is 4.18. The van der Waals surface area contributed by atoms with Crippen LogP contribution in [-0.2, 0) is 17.9 Å². The van der Waals surface area contributed by atoms with Crippen LogP contribution in [0, 0.1) is 6.92 Å². The van der Waals surface area contributed by atoms with Crippen LogP contribution in [0.3, 0.4) is 0 Å². The Kier molecular flexibility index (Phi) is 3.83. The van der Waals surface area contributed by atoms with Gasteiger partial charge >= 0.3 is 5.97 Å². The first-order valence-corrected chi connectivity index (χ1v) is 6.10. The third-order valence-corrected chi connectivity index (χ3v) is 2.89. The van der Waals surface area contributed by atoms with E-state index < -0.39 is 11.9 Å². The Hall–Kier alpha value is -2.64. The van der Waals surface area contributed by atoms with E-state index in [0.717, 1.165) is 10.4 Å². The number of carbonyl (C=O) groups is 2. The Morgan fingerprint density at radius 3 is 2.70 bits per heavy atom. The van der Waals surface area contributed by atoms with Gasteiger partial charge in [-0.1, -0.05) is 0 Å². The summed E-state index contributed by atoms with van der Waals surface area (Å²) < 4.78 is 2.89. The zero-order valence-corrected chi connectivity index (χ0v) is 11.2. The van der Waals surface area contributed by atoms with E-state index in [0.29, 0.717) is 12.2 Å². The monoisotopic (exact) mass is 277 g/mol. The molecule has 8 nitrogen and oxygen atoms in total. The van der Waals surface area contributed by atoms with Gasteiger partial charge in [0.25, 0.3) is 5.91 Å². The highest BCUT2D eigenvalue weighted by Crippen LogP contribution is 2.14. The fourth-order valence-corrected chi connectivity index (χ4v) is 1.85. The van der Waals surface area contributed by atoms with Gasteiger partial charge in [0.1, 0.15) is 12.2 Å². The molecule has 0 saturated heterocycles. The second kappa shape index (κ2) is 5.55. The maximum atomic E-state index is 12.1. The van der Waals surface area contributed by atoms with Crippen LogP contribution in [0.1, 0.15) is 23.1 Å². The number of amides is 1. The third kappa shape index (κ3) is 2.68. The fraction of sp³-hybridized carbons (Fsp3) is 0.333. The molecule has 1 amide bonds. The van der Waals surface area contributed by atoms with Gasteiger partial charge in [-0.15, -0.1) is 0 Å². The largest absolute Gasteiger partial charge is 0.480 e. The van der Waals surface area contributed by atoms with E-state index in [1.807, 2.05) is 13.8 Å². The Morgan fingerprint density at radius 1 is 1.35 bits per heavy atom. The molecule has 2 N–H and O–H groups in total. The Bertz CT molecular complexity index is 643. The van der Waals surface area contributed by atoms with Gasteiger partial charge in [-0.25, -0.2) is 4.68 Å². The molecule has 0 saturated carbocycles. The average Bonchev–Trinajstić information content (AvgIpc) is 2.97. The van der Waals surface area contributed by atoms with Gasteiger partial charge in [0.2, 0.25) is 0 Å². The van der Waals surface area contributed by atoms with Crippen LogP contribution in [0.4, 0.5) is 5.69 Å². The van der Waals surface area contributed by atoms with Crippen molar-refractivity contribution in [3.8, 4) is 0 Å². The first-order valence-electron chi connectivity index (χ1n) is 6.10. The van der Waals surface area contributed by atoms with Crippen LogP contribution in [0.5, 0.6) is 0 Å². The first-order chi connectivity index (χ1) is 9.52. The molecule has 2 aromatic heterocycles.